The molecule has 0 aromatic heterocycles. The molecule has 0 aliphatic heterocycles. The third kappa shape index (κ3) is 6.29. The molecule has 0 fully saturated rings. The quantitative estimate of drug-likeness (QED) is 0.241. The van der Waals surface area contributed by atoms with Crippen molar-refractivity contribution in [1.82, 2.24) is 0 Å². The Morgan fingerprint density at radius 1 is 1.08 bits per heavy atom. The van der Waals surface area contributed by atoms with Gasteiger partial charge < -0.3 is 27.4 Å². The fourth-order valence-corrected chi connectivity index (χ4v) is 2.19. The summed E-state index contributed by atoms with van der Waals surface area (Å²) in [7, 11) is 0. The van der Waals surface area contributed by atoms with E-state index in [4.69, 9.17) is 32.8 Å². The van der Waals surface area contributed by atoms with Crippen molar-refractivity contribution in [2.45, 2.75) is 25.7 Å². The van der Waals surface area contributed by atoms with Gasteiger partial charge in [-0.2, -0.15) is 5.10 Å². The fraction of sp³-hybridized carbons (Fsp3) is 0.267. The third-order valence-electron chi connectivity index (χ3n) is 3.23. The van der Waals surface area contributed by atoms with Crippen LogP contribution in [0.25, 0.3) is 0 Å². The van der Waals surface area contributed by atoms with Gasteiger partial charge in [0.05, 0.1) is 18.6 Å². The zero-order chi connectivity index (χ0) is 19.0. The van der Waals surface area contributed by atoms with Gasteiger partial charge in [0.15, 0.2) is 0 Å². The van der Waals surface area contributed by atoms with E-state index < -0.39 is 11.9 Å². The summed E-state index contributed by atoms with van der Waals surface area (Å²) < 4.78 is 0. The van der Waals surface area contributed by atoms with E-state index in [-0.39, 0.29) is 24.6 Å². The highest BCUT2D eigenvalue weighted by Crippen LogP contribution is 2.25. The second-order valence-corrected chi connectivity index (χ2v) is 5.10. The van der Waals surface area contributed by atoms with Gasteiger partial charge >= 0.3 is 11.9 Å². The maximum absolute atomic E-state index is 9.64. The lowest BCUT2D eigenvalue weighted by Gasteiger charge is -2.05. The predicted octanol–water partition coefficient (Wildman–Crippen LogP) is -0.170. The number of carboxylic acids is 2. The molecule has 0 amide bonds. The lowest BCUT2D eigenvalue weighted by molar-refractivity contribution is -0.143. The summed E-state index contributed by atoms with van der Waals surface area (Å²) in [6, 6.07) is 5.63. The number of fused-ring (bicyclic) bond motifs is 1. The van der Waals surface area contributed by atoms with Gasteiger partial charge in [0.25, 0.3) is 0 Å². The summed E-state index contributed by atoms with van der Waals surface area (Å²) in [4.78, 5) is 19.3. The minimum atomic E-state index is -1.08. The SMILES string of the molecule is N=C(N)c1cccc2c1CCC2=NN=C(N)N.O=C(O)CCC(=O)O. The summed E-state index contributed by atoms with van der Waals surface area (Å²) in [5, 5.41) is 31.0. The molecule has 10 nitrogen and oxygen atoms in total. The Labute approximate surface area is 143 Å². The Hall–Kier alpha value is -3.43. The first-order chi connectivity index (χ1) is 11.7. The van der Waals surface area contributed by atoms with Crippen molar-refractivity contribution in [3.8, 4) is 0 Å². The zero-order valence-electron chi connectivity index (χ0n) is 13.4. The van der Waals surface area contributed by atoms with E-state index in [2.05, 4.69) is 10.2 Å². The van der Waals surface area contributed by atoms with Gasteiger partial charge in [-0.25, -0.2) is 0 Å². The molecule has 2 rings (SSSR count). The molecular weight excluding hydrogens is 328 g/mol. The third-order valence-corrected chi connectivity index (χ3v) is 3.23. The summed E-state index contributed by atoms with van der Waals surface area (Å²) in [5.41, 5.74) is 19.6. The smallest absolute Gasteiger partial charge is 0.303 e. The first-order valence-corrected chi connectivity index (χ1v) is 7.28. The summed E-state index contributed by atoms with van der Waals surface area (Å²) in [5.74, 6) is -2.14. The highest BCUT2D eigenvalue weighted by Gasteiger charge is 2.21. The van der Waals surface area contributed by atoms with Crippen LogP contribution in [-0.2, 0) is 16.0 Å². The first kappa shape index (κ1) is 19.6. The van der Waals surface area contributed by atoms with Gasteiger partial charge in [-0.15, -0.1) is 5.10 Å². The molecule has 1 aliphatic carbocycles. The van der Waals surface area contributed by atoms with Crippen LogP contribution in [0.3, 0.4) is 0 Å². The number of amidine groups is 1. The van der Waals surface area contributed by atoms with Gasteiger partial charge in [-0.3, -0.25) is 15.0 Å². The van der Waals surface area contributed by atoms with Crippen LogP contribution < -0.4 is 17.2 Å². The number of nitrogens with one attached hydrogen (secondary N) is 1. The molecule has 10 heteroatoms. The largest absolute Gasteiger partial charge is 0.481 e. The molecule has 0 bridgehead atoms. The number of nitrogens with zero attached hydrogens (tertiary/aromatic N) is 2. The second-order valence-electron chi connectivity index (χ2n) is 5.10. The van der Waals surface area contributed by atoms with Crippen molar-refractivity contribution in [1.29, 1.82) is 5.41 Å². The Bertz CT molecular complexity index is 724. The number of hydrogen-bond donors (Lipinski definition) is 6. The summed E-state index contributed by atoms with van der Waals surface area (Å²) in [6.07, 6.45) is 0.977. The van der Waals surface area contributed by atoms with Crippen molar-refractivity contribution >= 4 is 29.4 Å². The van der Waals surface area contributed by atoms with Gasteiger partial charge in [0.2, 0.25) is 5.96 Å². The van der Waals surface area contributed by atoms with E-state index in [1.54, 1.807) is 0 Å². The highest BCUT2D eigenvalue weighted by molar-refractivity contribution is 6.08. The summed E-state index contributed by atoms with van der Waals surface area (Å²) >= 11 is 0. The van der Waals surface area contributed by atoms with Crippen molar-refractivity contribution < 1.29 is 19.8 Å². The number of aliphatic carboxylic acids is 2. The minimum Gasteiger partial charge on any atom is -0.481 e. The summed E-state index contributed by atoms with van der Waals surface area (Å²) in [6.45, 7) is 0. The van der Waals surface area contributed by atoms with Gasteiger partial charge in [0, 0.05) is 11.1 Å². The predicted molar refractivity (Wildman–Crippen MR) is 92.6 cm³/mol. The van der Waals surface area contributed by atoms with E-state index in [1.165, 1.54) is 0 Å². The molecule has 0 unspecified atom stereocenters. The number of carboxylic acid groups (broad SMARTS) is 2. The number of benzene rings is 1. The number of nitrogens with two attached hydrogens (primary N) is 3. The van der Waals surface area contributed by atoms with Crippen LogP contribution in [0.4, 0.5) is 0 Å². The Balaban J connectivity index is 0.000000333. The van der Waals surface area contributed by atoms with Crippen molar-refractivity contribution in [3.05, 3.63) is 34.9 Å². The number of hydrogen-bond acceptors (Lipinski definition) is 5. The van der Waals surface area contributed by atoms with E-state index >= 15 is 0 Å². The maximum atomic E-state index is 9.64. The van der Waals surface area contributed by atoms with Crippen LogP contribution in [0.15, 0.2) is 28.4 Å². The van der Waals surface area contributed by atoms with Crippen molar-refractivity contribution in [3.63, 3.8) is 0 Å². The van der Waals surface area contributed by atoms with E-state index in [0.717, 1.165) is 35.2 Å². The Kier molecular flexibility index (Phi) is 7.07. The first-order valence-electron chi connectivity index (χ1n) is 7.28. The van der Waals surface area contributed by atoms with Crippen LogP contribution in [0.1, 0.15) is 36.0 Å². The zero-order valence-corrected chi connectivity index (χ0v) is 13.4. The van der Waals surface area contributed by atoms with Gasteiger partial charge in [-0.05, 0) is 18.4 Å². The fourth-order valence-electron chi connectivity index (χ4n) is 2.19. The standard InChI is InChI=1S/C11H14N6.C4H6O4/c12-10(13)8-3-1-2-7-6(8)4-5-9(7)16-17-11(14)15;5-3(6)1-2-4(7)8/h1-3H,4-5H2,(H3,12,13)(H4,14,15,17);1-2H2,(H,5,6)(H,7,8). The van der Waals surface area contributed by atoms with Crippen LogP contribution in [-0.4, -0.2) is 39.7 Å². The molecule has 0 atom stereocenters. The Morgan fingerprint density at radius 2 is 1.68 bits per heavy atom. The monoisotopic (exact) mass is 348 g/mol. The molecule has 134 valence electrons. The van der Waals surface area contributed by atoms with Crippen molar-refractivity contribution in [2.24, 2.45) is 27.4 Å². The molecule has 0 heterocycles. The average Bonchev–Trinajstić information content (AvgIpc) is 2.94. The van der Waals surface area contributed by atoms with E-state index in [0.29, 0.717) is 0 Å². The molecule has 25 heavy (non-hydrogen) atoms. The number of carbonyl (C=O) groups is 2. The highest BCUT2D eigenvalue weighted by atomic mass is 16.4. The van der Waals surface area contributed by atoms with Crippen LogP contribution in [0.5, 0.6) is 0 Å². The molecule has 1 aliphatic rings. The minimum absolute atomic E-state index is 0.0614. The Morgan fingerprint density at radius 3 is 2.16 bits per heavy atom. The van der Waals surface area contributed by atoms with Gasteiger partial charge in [-0.1, -0.05) is 18.2 Å². The topological polar surface area (TPSA) is 201 Å². The van der Waals surface area contributed by atoms with Gasteiger partial charge in [0.1, 0.15) is 5.84 Å². The number of nitrogen functional groups attached to an aromatic ring is 1. The molecule has 0 radical (unpaired) electrons. The number of guanidine groups is 1. The average molecular weight is 348 g/mol. The maximum Gasteiger partial charge on any atom is 0.303 e. The van der Waals surface area contributed by atoms with Crippen LogP contribution in [0, 0.1) is 5.41 Å². The second kappa shape index (κ2) is 9.01. The van der Waals surface area contributed by atoms with Crippen LogP contribution in [0.2, 0.25) is 0 Å². The van der Waals surface area contributed by atoms with Crippen molar-refractivity contribution in [2.75, 3.05) is 0 Å². The molecular formula is C15H20N6O4. The van der Waals surface area contributed by atoms with E-state index in [9.17, 15) is 9.59 Å². The molecule has 0 saturated heterocycles. The van der Waals surface area contributed by atoms with Crippen LogP contribution >= 0.6 is 0 Å². The molecule has 1 aromatic rings. The molecule has 0 saturated carbocycles. The molecule has 1 aromatic carbocycles. The normalized spacial score (nSPS) is 13.4. The number of rotatable bonds is 5. The molecule has 0 spiro atoms. The molecule has 9 N–H and O–H groups in total. The lowest BCUT2D eigenvalue weighted by atomic mass is 10.0. The lowest BCUT2D eigenvalue weighted by Crippen LogP contribution is -2.22. The van der Waals surface area contributed by atoms with E-state index in [1.807, 2.05) is 18.2 Å².